The second-order valence-electron chi connectivity index (χ2n) is 2.00. The predicted octanol–water partition coefficient (Wildman–Crippen LogP) is 4.47. The summed E-state index contributed by atoms with van der Waals surface area (Å²) < 4.78 is 0. The van der Waals surface area contributed by atoms with Crippen LogP contribution < -0.4 is 0 Å². The van der Waals surface area contributed by atoms with Crippen LogP contribution in [0.5, 0.6) is 0 Å². The Balaban J connectivity index is 0. The van der Waals surface area contributed by atoms with Crippen molar-refractivity contribution in [2.75, 3.05) is 0 Å². The van der Waals surface area contributed by atoms with E-state index in [2.05, 4.69) is 6.58 Å². The van der Waals surface area contributed by atoms with E-state index < -0.39 is 0 Å². The Hall–Kier alpha value is -1.24. The summed E-state index contributed by atoms with van der Waals surface area (Å²) in [7, 11) is 0. The highest BCUT2D eigenvalue weighted by atomic mass is 15.1. The highest BCUT2D eigenvalue weighted by molar-refractivity contribution is 5.28. The van der Waals surface area contributed by atoms with Gasteiger partial charge in [0.1, 0.15) is 0 Å². The van der Waals surface area contributed by atoms with Gasteiger partial charge in [-0.25, -0.2) is 0 Å². The largest absolute Gasteiger partial charge is 0.325 e. The van der Waals surface area contributed by atoms with Crippen molar-refractivity contribution in [3.63, 3.8) is 0 Å². The van der Waals surface area contributed by atoms with Crippen molar-refractivity contribution >= 4 is 0 Å². The number of allylic oxidation sites excluding steroid dienone is 4. The van der Waals surface area contributed by atoms with Gasteiger partial charge in [-0.1, -0.05) is 46.4 Å². The van der Waals surface area contributed by atoms with Crippen molar-refractivity contribution in [3.05, 3.63) is 49.0 Å². The molecule has 0 bridgehead atoms. The lowest BCUT2D eigenvalue weighted by atomic mass is 10.3. The van der Waals surface area contributed by atoms with Crippen LogP contribution in [0.25, 0.3) is 0 Å². The van der Waals surface area contributed by atoms with Crippen molar-refractivity contribution in [2.24, 2.45) is 0 Å². The van der Waals surface area contributed by atoms with E-state index in [1.54, 1.807) is 6.20 Å². The summed E-state index contributed by atoms with van der Waals surface area (Å²) in [4.78, 5) is 1.97. The first-order chi connectivity index (χ1) is 6.88. The molecule has 0 amide bonds. The maximum Gasteiger partial charge on any atom is 0.0406 e. The number of rotatable bonds is 1. The zero-order valence-corrected chi connectivity index (χ0v) is 10.1. The van der Waals surface area contributed by atoms with Gasteiger partial charge < -0.3 is 4.90 Å². The Morgan fingerprint density at radius 3 is 2.07 bits per heavy atom. The molecule has 14 heavy (non-hydrogen) atoms. The molecule has 0 saturated heterocycles. The van der Waals surface area contributed by atoms with E-state index in [0.29, 0.717) is 0 Å². The lowest BCUT2D eigenvalue weighted by Crippen LogP contribution is -2.07. The molecule has 0 radical (unpaired) electrons. The van der Waals surface area contributed by atoms with Crippen molar-refractivity contribution in [2.45, 2.75) is 34.6 Å². The molecule has 0 aromatic carbocycles. The highest BCUT2D eigenvalue weighted by Gasteiger charge is 1.98. The average Bonchev–Trinajstić information content (AvgIpc) is 2.34. The molecule has 1 nitrogen and oxygen atoms in total. The van der Waals surface area contributed by atoms with E-state index in [0.717, 1.165) is 5.70 Å². The van der Waals surface area contributed by atoms with Gasteiger partial charge in [-0.05, 0) is 19.1 Å². The molecule has 0 aliphatic carbocycles. The fourth-order valence-electron chi connectivity index (χ4n) is 0.880. The molecule has 0 aromatic heterocycles. The fourth-order valence-corrected chi connectivity index (χ4v) is 0.880. The molecule has 0 fully saturated rings. The van der Waals surface area contributed by atoms with Crippen molar-refractivity contribution in [1.82, 2.24) is 4.90 Å². The van der Waals surface area contributed by atoms with Crippen molar-refractivity contribution in [3.8, 4) is 0 Å². The van der Waals surface area contributed by atoms with Crippen LogP contribution in [-0.4, -0.2) is 4.90 Å². The summed E-state index contributed by atoms with van der Waals surface area (Å²) in [6.45, 7) is 13.7. The monoisotopic (exact) mass is 193 g/mol. The molecule has 0 saturated carbocycles. The standard InChI is InChI=1S/C9H11N.2C2H6/c1-3-9-7-5-6-8-10(9)4-2;2*1-2/h3-8H,2H2,1H3;2*1-2H3/b9-3-;;. The third kappa shape index (κ3) is 5.41. The topological polar surface area (TPSA) is 3.24 Å². The van der Waals surface area contributed by atoms with Crippen molar-refractivity contribution in [1.29, 1.82) is 0 Å². The van der Waals surface area contributed by atoms with Gasteiger partial charge in [0, 0.05) is 18.1 Å². The Morgan fingerprint density at radius 1 is 1.14 bits per heavy atom. The molecular formula is C13H23N. The molecule has 80 valence electrons. The average molecular weight is 193 g/mol. The van der Waals surface area contributed by atoms with Gasteiger partial charge >= 0.3 is 0 Å². The Kier molecular flexibility index (Phi) is 12.8. The summed E-state index contributed by atoms with van der Waals surface area (Å²) in [5, 5.41) is 0. The SMILES string of the molecule is C=CN1C=CC=C/C1=C/C.CC.CC. The quantitative estimate of drug-likeness (QED) is 0.594. The predicted molar refractivity (Wildman–Crippen MR) is 66.8 cm³/mol. The van der Waals surface area contributed by atoms with Gasteiger partial charge in [0.15, 0.2) is 0 Å². The maximum atomic E-state index is 3.68. The van der Waals surface area contributed by atoms with Crippen LogP contribution in [0.2, 0.25) is 0 Å². The van der Waals surface area contributed by atoms with Crippen LogP contribution in [0.15, 0.2) is 49.0 Å². The van der Waals surface area contributed by atoms with Gasteiger partial charge in [-0.15, -0.1) is 0 Å². The van der Waals surface area contributed by atoms with Gasteiger partial charge in [-0.2, -0.15) is 0 Å². The number of hydrogen-bond donors (Lipinski definition) is 0. The molecule has 0 unspecified atom stereocenters. The molecule has 1 heterocycles. The van der Waals surface area contributed by atoms with E-state index in [1.807, 2.05) is 70.0 Å². The van der Waals surface area contributed by atoms with Crippen LogP contribution >= 0.6 is 0 Å². The van der Waals surface area contributed by atoms with E-state index in [1.165, 1.54) is 0 Å². The summed E-state index contributed by atoms with van der Waals surface area (Å²) in [5.74, 6) is 0. The van der Waals surface area contributed by atoms with E-state index in [4.69, 9.17) is 0 Å². The molecule has 1 rings (SSSR count). The van der Waals surface area contributed by atoms with E-state index in [9.17, 15) is 0 Å². The summed E-state index contributed by atoms with van der Waals surface area (Å²) in [5.41, 5.74) is 1.16. The molecule has 1 aliphatic rings. The molecule has 0 atom stereocenters. The molecule has 1 aliphatic heterocycles. The van der Waals surface area contributed by atoms with E-state index in [-0.39, 0.29) is 0 Å². The summed E-state index contributed by atoms with van der Waals surface area (Å²) >= 11 is 0. The normalized spacial score (nSPS) is 15.2. The van der Waals surface area contributed by atoms with Gasteiger partial charge in [-0.3, -0.25) is 0 Å². The second-order valence-corrected chi connectivity index (χ2v) is 2.00. The minimum absolute atomic E-state index is 1.16. The van der Waals surface area contributed by atoms with E-state index >= 15 is 0 Å². The zero-order chi connectivity index (χ0) is 11.4. The minimum Gasteiger partial charge on any atom is -0.325 e. The Bertz CT molecular complexity index is 209. The lowest BCUT2D eigenvalue weighted by molar-refractivity contribution is 0.646. The van der Waals surface area contributed by atoms with Gasteiger partial charge in [0.05, 0.1) is 0 Å². The number of hydrogen-bond acceptors (Lipinski definition) is 1. The molecule has 1 heteroatoms. The van der Waals surface area contributed by atoms with Gasteiger partial charge in [0.2, 0.25) is 0 Å². The highest BCUT2D eigenvalue weighted by Crippen LogP contribution is 2.11. The first kappa shape index (κ1) is 15.2. The first-order valence-electron chi connectivity index (χ1n) is 5.30. The third-order valence-corrected chi connectivity index (χ3v) is 1.42. The third-order valence-electron chi connectivity index (χ3n) is 1.42. The molecule has 0 spiro atoms. The molecular weight excluding hydrogens is 170 g/mol. The zero-order valence-electron chi connectivity index (χ0n) is 10.1. The number of nitrogens with zero attached hydrogens (tertiary/aromatic N) is 1. The van der Waals surface area contributed by atoms with Crippen LogP contribution in [0.1, 0.15) is 34.6 Å². The maximum absolute atomic E-state index is 3.68. The smallest absolute Gasteiger partial charge is 0.0406 e. The first-order valence-corrected chi connectivity index (χ1v) is 5.30. The second kappa shape index (κ2) is 11.8. The van der Waals surface area contributed by atoms with Crippen LogP contribution in [0.4, 0.5) is 0 Å². The Morgan fingerprint density at radius 2 is 1.71 bits per heavy atom. The van der Waals surface area contributed by atoms with Crippen LogP contribution in [-0.2, 0) is 0 Å². The molecule has 0 N–H and O–H groups in total. The van der Waals surface area contributed by atoms with Crippen molar-refractivity contribution < 1.29 is 0 Å². The minimum atomic E-state index is 1.16. The van der Waals surface area contributed by atoms with Crippen LogP contribution in [0, 0.1) is 0 Å². The fraction of sp³-hybridized carbons (Fsp3) is 0.385. The molecule has 0 aromatic rings. The lowest BCUT2D eigenvalue weighted by Gasteiger charge is -2.17. The van der Waals surface area contributed by atoms with Crippen LogP contribution in [0.3, 0.4) is 0 Å². The Labute approximate surface area is 89.1 Å². The van der Waals surface area contributed by atoms with Gasteiger partial charge in [0.25, 0.3) is 0 Å². The summed E-state index contributed by atoms with van der Waals surface area (Å²) in [6.07, 6.45) is 11.8. The summed E-state index contributed by atoms with van der Waals surface area (Å²) in [6, 6.07) is 0.